The third-order valence-corrected chi connectivity index (χ3v) is 4.67. The van der Waals surface area contributed by atoms with Crippen LogP contribution >= 0.6 is 23.8 Å². The summed E-state index contributed by atoms with van der Waals surface area (Å²) in [5, 5.41) is 7.65. The molecule has 3 N–H and O–H groups in total. The van der Waals surface area contributed by atoms with Crippen LogP contribution in [0.2, 0.25) is 5.02 Å². The largest absolute Gasteiger partial charge is 0.389 e. The molecule has 10 heteroatoms. The van der Waals surface area contributed by atoms with Crippen LogP contribution in [0.3, 0.4) is 0 Å². The van der Waals surface area contributed by atoms with Crippen molar-refractivity contribution in [2.75, 3.05) is 0 Å². The van der Waals surface area contributed by atoms with Crippen molar-refractivity contribution in [2.45, 2.75) is 11.4 Å². The Bertz CT molecular complexity index is 788. The Morgan fingerprint density at radius 2 is 2.24 bits per heavy atom. The van der Waals surface area contributed by atoms with Crippen LogP contribution in [0.5, 0.6) is 0 Å². The molecule has 0 aliphatic carbocycles. The molecule has 1 aromatic carbocycles. The highest BCUT2D eigenvalue weighted by atomic mass is 35.5. The van der Waals surface area contributed by atoms with E-state index in [1.807, 2.05) is 0 Å². The molecule has 0 bridgehead atoms. The van der Waals surface area contributed by atoms with Crippen molar-refractivity contribution in [1.82, 2.24) is 19.5 Å². The van der Waals surface area contributed by atoms with Gasteiger partial charge in [0.2, 0.25) is 10.0 Å². The maximum atomic E-state index is 12.2. The average molecular weight is 346 g/mol. The number of sulfonamides is 1. The van der Waals surface area contributed by atoms with Crippen LogP contribution in [0.25, 0.3) is 0 Å². The first-order valence-electron chi connectivity index (χ1n) is 5.73. The minimum atomic E-state index is -3.72. The lowest BCUT2D eigenvalue weighted by molar-refractivity contribution is 0.577. The number of hydrogen-bond donors (Lipinski definition) is 2. The zero-order chi connectivity index (χ0) is 15.6. The van der Waals surface area contributed by atoms with E-state index in [0.29, 0.717) is 11.4 Å². The lowest BCUT2D eigenvalue weighted by Gasteiger charge is -2.08. The van der Waals surface area contributed by atoms with Crippen molar-refractivity contribution in [3.8, 4) is 0 Å². The van der Waals surface area contributed by atoms with Crippen molar-refractivity contribution in [1.29, 1.82) is 0 Å². The van der Waals surface area contributed by atoms with Gasteiger partial charge in [-0.05, 0) is 18.2 Å². The minimum Gasteiger partial charge on any atom is -0.389 e. The number of nitrogens with zero attached hydrogens (tertiary/aromatic N) is 3. The molecule has 0 saturated heterocycles. The van der Waals surface area contributed by atoms with Crippen LogP contribution < -0.4 is 10.5 Å². The Morgan fingerprint density at radius 1 is 1.52 bits per heavy atom. The van der Waals surface area contributed by atoms with E-state index in [2.05, 4.69) is 14.9 Å². The molecule has 2 rings (SSSR count). The Morgan fingerprint density at radius 3 is 2.76 bits per heavy atom. The fourth-order valence-corrected chi connectivity index (χ4v) is 3.16. The molecule has 7 nitrogen and oxygen atoms in total. The lowest BCUT2D eigenvalue weighted by atomic mass is 10.2. The van der Waals surface area contributed by atoms with Crippen molar-refractivity contribution in [2.24, 2.45) is 12.8 Å². The molecular weight excluding hydrogens is 334 g/mol. The Kier molecular flexibility index (Phi) is 4.57. The minimum absolute atomic E-state index is 0.0213. The van der Waals surface area contributed by atoms with E-state index < -0.39 is 10.0 Å². The van der Waals surface area contributed by atoms with Crippen LogP contribution in [0.15, 0.2) is 29.4 Å². The van der Waals surface area contributed by atoms with Gasteiger partial charge in [-0.25, -0.2) is 13.1 Å². The van der Waals surface area contributed by atoms with Gasteiger partial charge in [-0.1, -0.05) is 23.8 Å². The van der Waals surface area contributed by atoms with Gasteiger partial charge in [-0.3, -0.25) is 0 Å². The molecule has 112 valence electrons. The van der Waals surface area contributed by atoms with E-state index in [1.54, 1.807) is 11.6 Å². The molecule has 0 atom stereocenters. The summed E-state index contributed by atoms with van der Waals surface area (Å²) in [6.45, 7) is 0.0213. The number of nitrogens with two attached hydrogens (primary N) is 1. The zero-order valence-electron chi connectivity index (χ0n) is 10.9. The van der Waals surface area contributed by atoms with Gasteiger partial charge in [0.25, 0.3) is 0 Å². The van der Waals surface area contributed by atoms with Crippen molar-refractivity contribution in [3.63, 3.8) is 0 Å². The van der Waals surface area contributed by atoms with Crippen molar-refractivity contribution in [3.05, 3.63) is 40.9 Å². The molecule has 0 amide bonds. The quantitative estimate of drug-likeness (QED) is 0.768. The van der Waals surface area contributed by atoms with Gasteiger partial charge < -0.3 is 10.3 Å². The van der Waals surface area contributed by atoms with E-state index in [4.69, 9.17) is 29.6 Å². The predicted octanol–water partition coefficient (Wildman–Crippen LogP) is 0.581. The molecule has 0 radical (unpaired) electrons. The maximum absolute atomic E-state index is 12.2. The second-order valence-electron chi connectivity index (χ2n) is 4.19. The van der Waals surface area contributed by atoms with Gasteiger partial charge in [-0.2, -0.15) is 0 Å². The van der Waals surface area contributed by atoms with Crippen LogP contribution in [0.1, 0.15) is 11.4 Å². The van der Waals surface area contributed by atoms with Crippen LogP contribution in [-0.2, 0) is 23.6 Å². The number of nitrogens with one attached hydrogen (secondary N) is 1. The smallest absolute Gasteiger partial charge is 0.241 e. The highest BCUT2D eigenvalue weighted by molar-refractivity contribution is 7.89. The molecule has 0 fully saturated rings. The second-order valence-corrected chi connectivity index (χ2v) is 6.80. The molecule has 21 heavy (non-hydrogen) atoms. The Labute approximate surface area is 132 Å². The topological polar surface area (TPSA) is 103 Å². The van der Waals surface area contributed by atoms with E-state index in [0.717, 1.165) is 0 Å². The highest BCUT2D eigenvalue weighted by Crippen LogP contribution is 2.20. The van der Waals surface area contributed by atoms with Crippen LogP contribution in [-0.4, -0.2) is 28.2 Å². The van der Waals surface area contributed by atoms with Gasteiger partial charge in [0, 0.05) is 12.6 Å². The standard InChI is InChI=1S/C11H12ClN5O2S2/c1-17-6-14-16-10(17)5-15-21(18,19)7-2-3-8(11(13)20)9(12)4-7/h2-4,6,15H,5H2,1H3,(H2,13,20). The number of rotatable bonds is 5. The summed E-state index contributed by atoms with van der Waals surface area (Å²) in [6.07, 6.45) is 1.48. The molecule has 0 unspecified atom stereocenters. The van der Waals surface area contributed by atoms with E-state index in [9.17, 15) is 8.42 Å². The molecule has 0 spiro atoms. The molecule has 1 aromatic heterocycles. The molecular formula is C11H12ClN5O2S2. The van der Waals surface area contributed by atoms with Crippen molar-refractivity contribution >= 4 is 38.8 Å². The summed E-state index contributed by atoms with van der Waals surface area (Å²) in [6, 6.07) is 4.16. The van der Waals surface area contributed by atoms with Gasteiger partial charge in [0.15, 0.2) is 0 Å². The van der Waals surface area contributed by atoms with E-state index >= 15 is 0 Å². The van der Waals surface area contributed by atoms with E-state index in [1.165, 1.54) is 24.5 Å². The molecule has 0 aliphatic heterocycles. The zero-order valence-corrected chi connectivity index (χ0v) is 13.3. The summed E-state index contributed by atoms with van der Waals surface area (Å²) in [7, 11) is -2.00. The predicted molar refractivity (Wildman–Crippen MR) is 82.4 cm³/mol. The molecule has 0 saturated carbocycles. The second kappa shape index (κ2) is 6.06. The first kappa shape index (κ1) is 15.8. The number of thiocarbonyl (C=S) groups is 1. The summed E-state index contributed by atoms with van der Waals surface area (Å²) < 4.78 is 28.4. The summed E-state index contributed by atoms with van der Waals surface area (Å²) >= 11 is 10.8. The van der Waals surface area contributed by atoms with Gasteiger partial charge in [0.05, 0.1) is 16.5 Å². The third kappa shape index (κ3) is 3.56. The summed E-state index contributed by atoms with van der Waals surface area (Å²) in [5.41, 5.74) is 5.91. The van der Waals surface area contributed by atoms with Gasteiger partial charge >= 0.3 is 0 Å². The number of hydrogen-bond acceptors (Lipinski definition) is 5. The first-order chi connectivity index (χ1) is 9.81. The Balaban J connectivity index is 2.22. The van der Waals surface area contributed by atoms with Gasteiger partial charge in [0.1, 0.15) is 17.1 Å². The fourth-order valence-electron chi connectivity index (χ4n) is 1.57. The lowest BCUT2D eigenvalue weighted by Crippen LogP contribution is -2.25. The number of aryl methyl sites for hydroxylation is 1. The monoisotopic (exact) mass is 345 g/mol. The van der Waals surface area contributed by atoms with Crippen molar-refractivity contribution < 1.29 is 8.42 Å². The third-order valence-electron chi connectivity index (χ3n) is 2.74. The first-order valence-corrected chi connectivity index (χ1v) is 8.00. The van der Waals surface area contributed by atoms with Gasteiger partial charge in [-0.15, -0.1) is 10.2 Å². The van der Waals surface area contributed by atoms with E-state index in [-0.39, 0.29) is 21.5 Å². The molecule has 1 heterocycles. The molecule has 2 aromatic rings. The maximum Gasteiger partial charge on any atom is 0.241 e. The molecule has 0 aliphatic rings. The normalized spacial score (nSPS) is 11.5. The van der Waals surface area contributed by atoms with Crippen LogP contribution in [0, 0.1) is 0 Å². The number of benzene rings is 1. The summed E-state index contributed by atoms with van der Waals surface area (Å²) in [5.74, 6) is 0.490. The highest BCUT2D eigenvalue weighted by Gasteiger charge is 2.17. The summed E-state index contributed by atoms with van der Waals surface area (Å²) in [4.78, 5) is 0.130. The number of halogens is 1. The Hall–Kier alpha value is -1.55. The SMILES string of the molecule is Cn1cnnc1CNS(=O)(=O)c1ccc(C(N)=S)c(Cl)c1. The van der Waals surface area contributed by atoms with Crippen LogP contribution in [0.4, 0.5) is 0 Å². The number of aromatic nitrogens is 3. The fraction of sp³-hybridized carbons (Fsp3) is 0.182. The average Bonchev–Trinajstić information content (AvgIpc) is 2.81.